The first-order valence-electron chi connectivity index (χ1n) is 6.01. The fourth-order valence-corrected chi connectivity index (χ4v) is 2.65. The minimum Gasteiger partial charge on any atom is -0.363 e. The van der Waals surface area contributed by atoms with E-state index in [0.717, 1.165) is 27.1 Å². The van der Waals surface area contributed by atoms with Gasteiger partial charge in [-0.2, -0.15) is 5.10 Å². The topological polar surface area (TPSA) is 55.6 Å². The van der Waals surface area contributed by atoms with Crippen LogP contribution in [-0.2, 0) is 0 Å². The summed E-state index contributed by atoms with van der Waals surface area (Å²) in [6, 6.07) is 6.22. The first kappa shape index (κ1) is 12.7. The van der Waals surface area contributed by atoms with Gasteiger partial charge in [-0.25, -0.2) is 9.07 Å². The lowest BCUT2D eigenvalue weighted by Gasteiger charge is -2.04. The normalized spacial score (nSPS) is 10.8. The molecule has 0 bridgehead atoms. The molecule has 0 aliphatic carbocycles. The third-order valence-corrected chi connectivity index (χ3v) is 3.92. The third-order valence-electron chi connectivity index (χ3n) is 2.95. The van der Waals surface area contributed by atoms with Crippen LogP contribution < -0.4 is 5.32 Å². The van der Waals surface area contributed by atoms with Crippen molar-refractivity contribution in [3.05, 3.63) is 42.0 Å². The van der Waals surface area contributed by atoms with Crippen molar-refractivity contribution in [2.75, 3.05) is 12.4 Å². The van der Waals surface area contributed by atoms with E-state index in [9.17, 15) is 4.39 Å². The van der Waals surface area contributed by atoms with Gasteiger partial charge in [0.1, 0.15) is 5.82 Å². The molecular weight excluding hydrogens is 277 g/mol. The lowest BCUT2D eigenvalue weighted by molar-refractivity contribution is 0.627. The summed E-state index contributed by atoms with van der Waals surface area (Å²) < 4.78 is 14.7. The highest BCUT2D eigenvalue weighted by molar-refractivity contribution is 7.18. The maximum absolute atomic E-state index is 13.0. The fraction of sp³-hybridized carbons (Fsp3) is 0.154. The highest BCUT2D eigenvalue weighted by Crippen LogP contribution is 2.29. The predicted octanol–water partition coefficient (Wildman–Crippen LogP) is 2.88. The van der Waals surface area contributed by atoms with Crippen LogP contribution in [0, 0.1) is 12.7 Å². The van der Waals surface area contributed by atoms with E-state index in [-0.39, 0.29) is 5.82 Å². The molecule has 102 valence electrons. The summed E-state index contributed by atoms with van der Waals surface area (Å²) in [6.45, 7) is 1.95. The molecule has 0 saturated carbocycles. The molecule has 0 unspecified atom stereocenters. The Kier molecular flexibility index (Phi) is 3.19. The number of anilines is 1. The number of hydrogen-bond acceptors (Lipinski definition) is 5. The molecule has 1 aromatic carbocycles. The molecule has 2 heterocycles. The monoisotopic (exact) mass is 289 g/mol. The summed E-state index contributed by atoms with van der Waals surface area (Å²) in [6.07, 6.45) is 1.75. The van der Waals surface area contributed by atoms with Crippen LogP contribution in [0.2, 0.25) is 0 Å². The Hall–Kier alpha value is -2.28. The third kappa shape index (κ3) is 2.16. The van der Waals surface area contributed by atoms with Crippen LogP contribution >= 0.6 is 11.3 Å². The quantitative estimate of drug-likeness (QED) is 0.805. The number of hydrogen-bond donors (Lipinski definition) is 1. The lowest BCUT2D eigenvalue weighted by atomic mass is 10.2. The second-order valence-corrected chi connectivity index (χ2v) is 5.17. The van der Waals surface area contributed by atoms with Crippen molar-refractivity contribution in [1.82, 2.24) is 20.0 Å². The van der Waals surface area contributed by atoms with Gasteiger partial charge in [0.05, 0.1) is 23.1 Å². The number of halogens is 1. The van der Waals surface area contributed by atoms with Crippen molar-refractivity contribution in [2.45, 2.75) is 6.92 Å². The van der Waals surface area contributed by atoms with E-state index >= 15 is 0 Å². The molecule has 2 aromatic heterocycles. The molecule has 20 heavy (non-hydrogen) atoms. The van der Waals surface area contributed by atoms with E-state index < -0.39 is 0 Å². The van der Waals surface area contributed by atoms with Crippen molar-refractivity contribution in [3.8, 4) is 16.3 Å². The Morgan fingerprint density at radius 3 is 2.60 bits per heavy atom. The molecule has 0 aliphatic rings. The zero-order valence-corrected chi connectivity index (χ0v) is 11.8. The Morgan fingerprint density at radius 2 is 1.95 bits per heavy atom. The van der Waals surface area contributed by atoms with Gasteiger partial charge in [0, 0.05) is 7.05 Å². The maximum atomic E-state index is 13.0. The second kappa shape index (κ2) is 5.01. The summed E-state index contributed by atoms with van der Waals surface area (Å²) >= 11 is 1.46. The van der Waals surface area contributed by atoms with Gasteiger partial charge >= 0.3 is 0 Å². The number of nitrogens with one attached hydrogen (secondary N) is 1. The molecule has 0 amide bonds. The van der Waals surface area contributed by atoms with Crippen molar-refractivity contribution >= 4 is 16.5 Å². The zero-order chi connectivity index (χ0) is 14.1. The maximum Gasteiger partial charge on any atom is 0.205 e. The SMILES string of the molecule is CNc1nnc(-c2cnn(-c3ccc(F)cc3)c2C)s1. The van der Waals surface area contributed by atoms with Crippen LogP contribution in [0.4, 0.5) is 9.52 Å². The molecule has 0 atom stereocenters. The van der Waals surface area contributed by atoms with E-state index in [0.29, 0.717) is 0 Å². The fourth-order valence-electron chi connectivity index (χ4n) is 1.90. The highest BCUT2D eigenvalue weighted by Gasteiger charge is 2.14. The largest absolute Gasteiger partial charge is 0.363 e. The van der Waals surface area contributed by atoms with Gasteiger partial charge in [0.25, 0.3) is 0 Å². The van der Waals surface area contributed by atoms with E-state index in [1.54, 1.807) is 30.1 Å². The van der Waals surface area contributed by atoms with Gasteiger partial charge in [-0.15, -0.1) is 10.2 Å². The van der Waals surface area contributed by atoms with Gasteiger partial charge in [-0.3, -0.25) is 0 Å². The summed E-state index contributed by atoms with van der Waals surface area (Å²) in [4.78, 5) is 0. The number of aromatic nitrogens is 4. The van der Waals surface area contributed by atoms with Gasteiger partial charge in [0.2, 0.25) is 5.13 Å². The van der Waals surface area contributed by atoms with Crippen LogP contribution in [0.15, 0.2) is 30.5 Å². The Morgan fingerprint density at radius 1 is 1.20 bits per heavy atom. The molecule has 0 saturated heterocycles. The molecule has 3 aromatic rings. The number of benzene rings is 1. The molecule has 7 heteroatoms. The van der Waals surface area contributed by atoms with E-state index in [1.165, 1.54) is 23.5 Å². The molecule has 5 nitrogen and oxygen atoms in total. The highest BCUT2D eigenvalue weighted by atomic mass is 32.1. The molecule has 3 rings (SSSR count). The zero-order valence-electron chi connectivity index (χ0n) is 11.0. The number of rotatable bonds is 3. The average molecular weight is 289 g/mol. The van der Waals surface area contributed by atoms with Gasteiger partial charge in [-0.1, -0.05) is 11.3 Å². The molecule has 0 fully saturated rings. The molecule has 1 N–H and O–H groups in total. The predicted molar refractivity (Wildman–Crippen MR) is 76.7 cm³/mol. The molecular formula is C13H12FN5S. The van der Waals surface area contributed by atoms with Crippen molar-refractivity contribution in [1.29, 1.82) is 0 Å². The van der Waals surface area contributed by atoms with Crippen LogP contribution in [0.5, 0.6) is 0 Å². The van der Waals surface area contributed by atoms with Gasteiger partial charge < -0.3 is 5.32 Å². The summed E-state index contributed by atoms with van der Waals surface area (Å²) in [5, 5.41) is 17.0. The van der Waals surface area contributed by atoms with Crippen LogP contribution in [0.1, 0.15) is 5.69 Å². The Balaban J connectivity index is 2.02. The standard InChI is InChI=1S/C13H12FN5S/c1-8-11(12-17-18-13(15-2)20-12)7-16-19(8)10-5-3-9(14)4-6-10/h3-7H,1-2H3,(H,15,18). The molecule has 0 radical (unpaired) electrons. The van der Waals surface area contributed by atoms with Crippen molar-refractivity contribution < 1.29 is 4.39 Å². The lowest BCUT2D eigenvalue weighted by Crippen LogP contribution is -1.98. The Bertz CT molecular complexity index is 732. The smallest absolute Gasteiger partial charge is 0.205 e. The number of nitrogens with zero attached hydrogens (tertiary/aromatic N) is 4. The summed E-state index contributed by atoms with van der Waals surface area (Å²) in [5.41, 5.74) is 2.68. The average Bonchev–Trinajstić information content (AvgIpc) is 3.06. The molecule has 0 spiro atoms. The minimum atomic E-state index is -0.262. The van der Waals surface area contributed by atoms with Crippen molar-refractivity contribution in [2.24, 2.45) is 0 Å². The summed E-state index contributed by atoms with van der Waals surface area (Å²) in [7, 11) is 1.80. The second-order valence-electron chi connectivity index (χ2n) is 4.19. The van der Waals surface area contributed by atoms with E-state index in [1.807, 2.05) is 6.92 Å². The van der Waals surface area contributed by atoms with Crippen molar-refractivity contribution in [3.63, 3.8) is 0 Å². The first-order valence-corrected chi connectivity index (χ1v) is 6.83. The minimum absolute atomic E-state index is 0.262. The van der Waals surface area contributed by atoms with Crippen LogP contribution in [-0.4, -0.2) is 27.0 Å². The van der Waals surface area contributed by atoms with Gasteiger partial charge in [-0.05, 0) is 31.2 Å². The summed E-state index contributed by atoms with van der Waals surface area (Å²) in [5.74, 6) is -0.262. The van der Waals surface area contributed by atoms with Gasteiger partial charge in [0.15, 0.2) is 5.01 Å². The van der Waals surface area contributed by atoms with E-state index in [2.05, 4.69) is 20.6 Å². The van der Waals surface area contributed by atoms with Crippen LogP contribution in [0.3, 0.4) is 0 Å². The van der Waals surface area contributed by atoms with Crippen LogP contribution in [0.25, 0.3) is 16.3 Å². The first-order chi connectivity index (χ1) is 9.69. The van der Waals surface area contributed by atoms with E-state index in [4.69, 9.17) is 0 Å². The Labute approximate surface area is 119 Å². The molecule has 0 aliphatic heterocycles.